The molecule has 2 N–H and O–H groups in total. The van der Waals surface area contributed by atoms with Gasteiger partial charge in [-0.05, 0) is 38.3 Å². The Morgan fingerprint density at radius 3 is 2.73 bits per heavy atom. The molecule has 1 aromatic carbocycles. The molecule has 124 valence electrons. The summed E-state index contributed by atoms with van der Waals surface area (Å²) in [5.41, 5.74) is 1.21. The number of nitrogens with one attached hydrogen (secondary N) is 2. The molecule has 1 aromatic rings. The topological polar surface area (TPSA) is 54.9 Å². The molecule has 0 saturated heterocycles. The van der Waals surface area contributed by atoms with Gasteiger partial charge in [0, 0.05) is 33.4 Å². The van der Waals surface area contributed by atoms with E-state index in [9.17, 15) is 0 Å². The van der Waals surface area contributed by atoms with Crippen molar-refractivity contribution in [2.75, 3.05) is 40.0 Å². The molecule has 0 amide bonds. The van der Waals surface area contributed by atoms with Crippen LogP contribution < -0.4 is 15.4 Å². The number of ether oxygens (including phenoxy) is 2. The van der Waals surface area contributed by atoms with Gasteiger partial charge in [-0.3, -0.25) is 4.99 Å². The lowest BCUT2D eigenvalue weighted by Gasteiger charge is -2.13. The molecule has 0 atom stereocenters. The van der Waals surface area contributed by atoms with E-state index < -0.39 is 0 Å². The Bertz CT molecular complexity index is 436. The van der Waals surface area contributed by atoms with E-state index in [-0.39, 0.29) is 0 Å². The van der Waals surface area contributed by atoms with Gasteiger partial charge in [-0.2, -0.15) is 0 Å². The molecule has 0 fully saturated rings. The summed E-state index contributed by atoms with van der Waals surface area (Å²) in [6.07, 6.45) is 1.83. The maximum Gasteiger partial charge on any atom is 0.191 e. The van der Waals surface area contributed by atoms with Crippen molar-refractivity contribution < 1.29 is 9.47 Å². The molecule has 0 saturated carbocycles. The van der Waals surface area contributed by atoms with Crippen LogP contribution in [0.25, 0.3) is 0 Å². The highest BCUT2D eigenvalue weighted by atomic mass is 16.5. The maximum atomic E-state index is 5.65. The normalized spacial score (nSPS) is 11.3. The van der Waals surface area contributed by atoms with Crippen LogP contribution in [0.15, 0.2) is 29.3 Å². The zero-order chi connectivity index (χ0) is 16.0. The number of methoxy groups -OCH3 is 1. The summed E-state index contributed by atoms with van der Waals surface area (Å²) in [4.78, 5) is 4.52. The summed E-state index contributed by atoms with van der Waals surface area (Å²) in [7, 11) is 1.71. The second-order valence-corrected chi connectivity index (χ2v) is 4.82. The Kier molecular flexibility index (Phi) is 9.87. The molecule has 22 heavy (non-hydrogen) atoms. The Morgan fingerprint density at radius 1 is 1.18 bits per heavy atom. The van der Waals surface area contributed by atoms with Crippen LogP contribution >= 0.6 is 0 Å². The van der Waals surface area contributed by atoms with Crippen LogP contribution in [0.1, 0.15) is 25.8 Å². The summed E-state index contributed by atoms with van der Waals surface area (Å²) < 4.78 is 10.7. The second-order valence-electron chi connectivity index (χ2n) is 4.82. The standard InChI is InChI=1S/C17H29N3O2/c1-4-18-17(19-12-8-14-21-3)20-13-11-15-9-6-7-10-16(15)22-5-2/h6-7,9-10H,4-5,8,11-14H2,1-3H3,(H2,18,19,20). The molecule has 5 nitrogen and oxygen atoms in total. The molecule has 0 aliphatic carbocycles. The van der Waals surface area contributed by atoms with Crippen molar-refractivity contribution >= 4 is 5.96 Å². The molecular formula is C17H29N3O2. The van der Waals surface area contributed by atoms with Gasteiger partial charge in [-0.1, -0.05) is 18.2 Å². The molecule has 0 heterocycles. The van der Waals surface area contributed by atoms with Gasteiger partial charge < -0.3 is 20.1 Å². The molecule has 0 unspecified atom stereocenters. The predicted molar refractivity (Wildman–Crippen MR) is 91.8 cm³/mol. The number of aliphatic imine (C=N–C) groups is 1. The van der Waals surface area contributed by atoms with Crippen molar-refractivity contribution in [3.63, 3.8) is 0 Å². The molecule has 5 heteroatoms. The quantitative estimate of drug-likeness (QED) is 0.395. The first kappa shape index (κ1) is 18.3. The lowest BCUT2D eigenvalue weighted by Crippen LogP contribution is -2.38. The maximum absolute atomic E-state index is 5.65. The average Bonchev–Trinajstić information content (AvgIpc) is 2.53. The van der Waals surface area contributed by atoms with Crippen LogP contribution in [0.4, 0.5) is 0 Å². The third-order valence-electron chi connectivity index (χ3n) is 3.08. The number of rotatable bonds is 10. The number of hydrogen-bond donors (Lipinski definition) is 2. The van der Waals surface area contributed by atoms with Gasteiger partial charge in [0.2, 0.25) is 0 Å². The van der Waals surface area contributed by atoms with E-state index >= 15 is 0 Å². The Morgan fingerprint density at radius 2 is 2.00 bits per heavy atom. The Balaban J connectivity index is 2.45. The number of nitrogens with zero attached hydrogens (tertiary/aromatic N) is 1. The minimum atomic E-state index is 0.689. The van der Waals surface area contributed by atoms with Crippen LogP contribution in [0.2, 0.25) is 0 Å². The van der Waals surface area contributed by atoms with Crippen molar-refractivity contribution in [1.29, 1.82) is 0 Å². The molecule has 0 bridgehead atoms. The Hall–Kier alpha value is -1.75. The Labute approximate surface area is 134 Å². The zero-order valence-corrected chi connectivity index (χ0v) is 14.0. The molecule has 0 spiro atoms. The largest absolute Gasteiger partial charge is 0.494 e. The van der Waals surface area contributed by atoms with Crippen LogP contribution in [0.3, 0.4) is 0 Å². The van der Waals surface area contributed by atoms with Crippen molar-refractivity contribution in [1.82, 2.24) is 10.6 Å². The first-order valence-electron chi connectivity index (χ1n) is 8.03. The minimum Gasteiger partial charge on any atom is -0.494 e. The fourth-order valence-corrected chi connectivity index (χ4v) is 2.06. The third kappa shape index (κ3) is 7.31. The van der Waals surface area contributed by atoms with Crippen molar-refractivity contribution in [3.8, 4) is 5.75 Å². The fourth-order valence-electron chi connectivity index (χ4n) is 2.06. The lowest BCUT2D eigenvalue weighted by molar-refractivity contribution is 0.197. The first-order chi connectivity index (χ1) is 10.8. The molecule has 0 aliphatic rings. The fraction of sp³-hybridized carbons (Fsp3) is 0.588. The second kappa shape index (κ2) is 11.9. The highest BCUT2D eigenvalue weighted by Crippen LogP contribution is 2.17. The van der Waals surface area contributed by atoms with Gasteiger partial charge in [-0.25, -0.2) is 0 Å². The minimum absolute atomic E-state index is 0.689. The summed E-state index contributed by atoms with van der Waals surface area (Å²) in [6, 6.07) is 8.17. The van der Waals surface area contributed by atoms with Gasteiger partial charge in [0.1, 0.15) is 5.75 Å². The third-order valence-corrected chi connectivity index (χ3v) is 3.08. The van der Waals surface area contributed by atoms with E-state index in [1.165, 1.54) is 5.56 Å². The highest BCUT2D eigenvalue weighted by molar-refractivity contribution is 5.79. The van der Waals surface area contributed by atoms with Gasteiger partial charge in [0.05, 0.1) is 6.61 Å². The van der Waals surface area contributed by atoms with Crippen LogP contribution in [0, 0.1) is 0 Å². The average molecular weight is 307 g/mol. The van der Waals surface area contributed by atoms with E-state index in [1.54, 1.807) is 7.11 Å². The molecule has 0 aromatic heterocycles. The van der Waals surface area contributed by atoms with Gasteiger partial charge >= 0.3 is 0 Å². The zero-order valence-electron chi connectivity index (χ0n) is 14.0. The van der Waals surface area contributed by atoms with E-state index in [0.717, 1.165) is 50.8 Å². The predicted octanol–water partition coefficient (Wildman–Crippen LogP) is 2.22. The van der Waals surface area contributed by atoms with E-state index in [4.69, 9.17) is 9.47 Å². The van der Waals surface area contributed by atoms with E-state index in [1.807, 2.05) is 25.1 Å². The van der Waals surface area contributed by atoms with E-state index in [0.29, 0.717) is 6.61 Å². The SMILES string of the molecule is CCNC(=NCCCOC)NCCc1ccccc1OCC. The van der Waals surface area contributed by atoms with E-state index in [2.05, 4.69) is 28.6 Å². The van der Waals surface area contributed by atoms with Crippen molar-refractivity contribution in [2.24, 2.45) is 4.99 Å². The van der Waals surface area contributed by atoms with Crippen LogP contribution in [-0.4, -0.2) is 45.9 Å². The van der Waals surface area contributed by atoms with Crippen molar-refractivity contribution in [3.05, 3.63) is 29.8 Å². The summed E-state index contributed by atoms with van der Waals surface area (Å²) in [5.74, 6) is 1.82. The molecular weight excluding hydrogens is 278 g/mol. The number of benzene rings is 1. The number of para-hydroxylation sites is 1. The first-order valence-corrected chi connectivity index (χ1v) is 8.03. The van der Waals surface area contributed by atoms with Gasteiger partial charge in [0.25, 0.3) is 0 Å². The summed E-state index contributed by atoms with van der Waals surface area (Å²) >= 11 is 0. The van der Waals surface area contributed by atoms with Crippen LogP contribution in [0.5, 0.6) is 5.75 Å². The molecule has 1 rings (SSSR count). The number of guanidine groups is 1. The van der Waals surface area contributed by atoms with Crippen molar-refractivity contribution in [2.45, 2.75) is 26.7 Å². The summed E-state index contributed by atoms with van der Waals surface area (Å²) in [5, 5.41) is 6.61. The lowest BCUT2D eigenvalue weighted by atomic mass is 10.1. The number of hydrogen-bond acceptors (Lipinski definition) is 3. The molecule has 0 radical (unpaired) electrons. The molecule has 0 aliphatic heterocycles. The van der Waals surface area contributed by atoms with Gasteiger partial charge in [0.15, 0.2) is 5.96 Å². The van der Waals surface area contributed by atoms with Gasteiger partial charge in [-0.15, -0.1) is 0 Å². The monoisotopic (exact) mass is 307 g/mol. The smallest absolute Gasteiger partial charge is 0.191 e. The van der Waals surface area contributed by atoms with Crippen LogP contribution in [-0.2, 0) is 11.2 Å². The highest BCUT2D eigenvalue weighted by Gasteiger charge is 2.03. The summed E-state index contributed by atoms with van der Waals surface area (Å²) in [6.45, 7) is 7.94.